The van der Waals surface area contributed by atoms with E-state index in [0.717, 1.165) is 30.8 Å². The van der Waals surface area contributed by atoms with Gasteiger partial charge in [-0.25, -0.2) is 9.97 Å². The lowest BCUT2D eigenvalue weighted by atomic mass is 10.1. The monoisotopic (exact) mass is 506 g/mol. The molecule has 1 fully saturated rings. The fraction of sp³-hybridized carbons (Fsp3) is 0.520. The highest BCUT2D eigenvalue weighted by Crippen LogP contribution is 2.30. The Kier molecular flexibility index (Phi) is 5.90. The van der Waals surface area contributed by atoms with Crippen LogP contribution >= 0.6 is 0 Å². The Hall–Kier alpha value is -3.80. The number of aromatic nitrogens is 6. The Bertz CT molecular complexity index is 1480. The first-order valence-corrected chi connectivity index (χ1v) is 12.8. The summed E-state index contributed by atoms with van der Waals surface area (Å²) in [5.74, 6) is -0.506. The van der Waals surface area contributed by atoms with Crippen LogP contribution in [0.2, 0.25) is 0 Å². The van der Waals surface area contributed by atoms with E-state index in [1.165, 1.54) is 6.33 Å². The van der Waals surface area contributed by atoms with E-state index in [0.29, 0.717) is 68.2 Å². The fourth-order valence-electron chi connectivity index (χ4n) is 5.61. The van der Waals surface area contributed by atoms with E-state index in [4.69, 9.17) is 9.84 Å². The van der Waals surface area contributed by atoms with Crippen molar-refractivity contribution < 1.29 is 14.6 Å². The lowest BCUT2D eigenvalue weighted by Gasteiger charge is -2.42. The van der Waals surface area contributed by atoms with Crippen molar-refractivity contribution >= 4 is 28.5 Å². The van der Waals surface area contributed by atoms with Gasteiger partial charge in [0.2, 0.25) is 5.43 Å². The highest BCUT2D eigenvalue weighted by molar-refractivity contribution is 5.95. The summed E-state index contributed by atoms with van der Waals surface area (Å²) in [5.41, 5.74) is 3.88. The first-order chi connectivity index (χ1) is 18.0. The summed E-state index contributed by atoms with van der Waals surface area (Å²) in [7, 11) is 0. The SMILES string of the molecule is CCC1CN(c2c3n(c4nn(C5=CCOCC5)nc4c2=O)CCC3)CCN1C(=O)c1ncnc(C)c1O. The maximum atomic E-state index is 13.9. The number of aromatic hydroxyl groups is 1. The first kappa shape index (κ1) is 23.6. The van der Waals surface area contributed by atoms with E-state index in [9.17, 15) is 14.7 Å². The summed E-state index contributed by atoms with van der Waals surface area (Å²) < 4.78 is 7.54. The molecule has 0 aliphatic carbocycles. The van der Waals surface area contributed by atoms with Gasteiger partial charge in [-0.15, -0.1) is 10.2 Å². The van der Waals surface area contributed by atoms with Crippen molar-refractivity contribution in [3.63, 3.8) is 0 Å². The van der Waals surface area contributed by atoms with Crippen LogP contribution in [-0.2, 0) is 17.7 Å². The van der Waals surface area contributed by atoms with Crippen LogP contribution in [0.15, 0.2) is 17.2 Å². The number of piperazine rings is 1. The summed E-state index contributed by atoms with van der Waals surface area (Å²) in [6, 6.07) is -0.142. The highest BCUT2D eigenvalue weighted by atomic mass is 16.5. The zero-order valence-corrected chi connectivity index (χ0v) is 21.1. The zero-order chi connectivity index (χ0) is 25.7. The van der Waals surface area contributed by atoms with Gasteiger partial charge in [0, 0.05) is 44.3 Å². The van der Waals surface area contributed by atoms with Crippen molar-refractivity contribution in [1.29, 1.82) is 0 Å². The van der Waals surface area contributed by atoms with Gasteiger partial charge in [0.15, 0.2) is 22.6 Å². The average Bonchev–Trinajstić information content (AvgIpc) is 3.58. The van der Waals surface area contributed by atoms with Gasteiger partial charge in [-0.05, 0) is 32.3 Å². The second-order valence-corrected chi connectivity index (χ2v) is 9.72. The highest BCUT2D eigenvalue weighted by Gasteiger charge is 2.35. The third-order valence-corrected chi connectivity index (χ3v) is 7.61. The van der Waals surface area contributed by atoms with Gasteiger partial charge in [-0.2, -0.15) is 4.80 Å². The molecule has 6 heterocycles. The lowest BCUT2D eigenvalue weighted by molar-refractivity contribution is 0.0641. The number of hydrogen-bond donors (Lipinski definition) is 1. The number of anilines is 1. The molecule has 0 spiro atoms. The average molecular weight is 507 g/mol. The molecule has 0 radical (unpaired) electrons. The van der Waals surface area contributed by atoms with Crippen LogP contribution in [0.3, 0.4) is 0 Å². The molecule has 1 N–H and O–H groups in total. The summed E-state index contributed by atoms with van der Waals surface area (Å²) in [5, 5.41) is 19.7. The van der Waals surface area contributed by atoms with E-state index in [1.54, 1.807) is 16.6 Å². The van der Waals surface area contributed by atoms with Gasteiger partial charge in [0.05, 0.1) is 24.6 Å². The Labute approximate surface area is 213 Å². The molecule has 12 heteroatoms. The predicted octanol–water partition coefficient (Wildman–Crippen LogP) is 1.35. The zero-order valence-electron chi connectivity index (χ0n) is 21.1. The molecular weight excluding hydrogens is 476 g/mol. The molecule has 1 atom stereocenters. The Morgan fingerprint density at radius 2 is 2.05 bits per heavy atom. The van der Waals surface area contributed by atoms with Gasteiger partial charge in [0.25, 0.3) is 5.91 Å². The molecular formula is C25H30N8O4. The number of nitrogens with zero attached hydrogens (tertiary/aromatic N) is 8. The Morgan fingerprint density at radius 1 is 1.19 bits per heavy atom. The summed E-state index contributed by atoms with van der Waals surface area (Å²) in [4.78, 5) is 40.6. The third kappa shape index (κ3) is 3.86. The van der Waals surface area contributed by atoms with Crippen LogP contribution in [0.5, 0.6) is 5.75 Å². The Balaban J connectivity index is 1.35. The summed E-state index contributed by atoms with van der Waals surface area (Å²) >= 11 is 0. The number of carbonyl (C=O) groups excluding carboxylic acids is 1. The minimum atomic E-state index is -0.320. The number of fused-ring (bicyclic) bond motifs is 3. The standard InChI is InChI=1S/C25H30N8O4/c1-3-16-13-30(9-10-31(16)25(36)20-22(34)15(2)26-14-27-20)21-18-5-4-8-32(18)24-19(23(21)35)28-33(29-24)17-6-11-37-12-7-17/h6,14,16,34H,3-5,7-13H2,1-2H3. The molecule has 37 heavy (non-hydrogen) atoms. The second kappa shape index (κ2) is 9.25. The topological polar surface area (TPSA) is 132 Å². The number of hydrogen-bond acceptors (Lipinski definition) is 9. The maximum absolute atomic E-state index is 13.9. The third-order valence-electron chi connectivity index (χ3n) is 7.61. The summed E-state index contributed by atoms with van der Waals surface area (Å²) in [6.45, 7) is 7.00. The van der Waals surface area contributed by atoms with Crippen molar-refractivity contribution in [3.05, 3.63) is 39.7 Å². The van der Waals surface area contributed by atoms with Crippen LogP contribution in [-0.4, -0.2) is 84.3 Å². The van der Waals surface area contributed by atoms with E-state index in [1.807, 2.05) is 13.0 Å². The quantitative estimate of drug-likeness (QED) is 0.557. The number of aryl methyl sites for hydroxylation is 2. The summed E-state index contributed by atoms with van der Waals surface area (Å²) in [6.07, 6.45) is 6.39. The van der Waals surface area contributed by atoms with Crippen molar-refractivity contribution in [2.75, 3.05) is 37.7 Å². The van der Waals surface area contributed by atoms with Crippen LogP contribution < -0.4 is 10.3 Å². The van der Waals surface area contributed by atoms with Crippen LogP contribution in [0.4, 0.5) is 5.69 Å². The first-order valence-electron chi connectivity index (χ1n) is 12.8. The molecule has 3 aromatic rings. The molecule has 0 saturated carbocycles. The van der Waals surface area contributed by atoms with Crippen molar-refractivity contribution in [3.8, 4) is 5.75 Å². The number of pyridine rings is 1. The largest absolute Gasteiger partial charge is 0.504 e. The molecule has 1 amide bonds. The van der Waals surface area contributed by atoms with E-state index in [-0.39, 0.29) is 28.8 Å². The smallest absolute Gasteiger partial charge is 0.276 e. The van der Waals surface area contributed by atoms with Gasteiger partial charge >= 0.3 is 0 Å². The fourth-order valence-corrected chi connectivity index (χ4v) is 5.61. The number of ether oxygens (including phenoxy) is 1. The molecule has 0 bridgehead atoms. The minimum Gasteiger partial charge on any atom is -0.504 e. The molecule has 3 aromatic heterocycles. The van der Waals surface area contributed by atoms with E-state index < -0.39 is 0 Å². The molecule has 0 aromatic carbocycles. The number of rotatable bonds is 4. The maximum Gasteiger partial charge on any atom is 0.276 e. The Morgan fingerprint density at radius 3 is 2.84 bits per heavy atom. The molecule has 6 rings (SSSR count). The van der Waals surface area contributed by atoms with Gasteiger partial charge < -0.3 is 24.2 Å². The van der Waals surface area contributed by atoms with Gasteiger partial charge in [-0.1, -0.05) is 6.92 Å². The lowest BCUT2D eigenvalue weighted by Crippen LogP contribution is -2.56. The molecule has 3 aliphatic heterocycles. The van der Waals surface area contributed by atoms with Crippen molar-refractivity contribution in [1.82, 2.24) is 34.4 Å². The number of carbonyl (C=O) groups is 1. The van der Waals surface area contributed by atoms with Crippen molar-refractivity contribution in [2.45, 2.75) is 52.1 Å². The van der Waals surface area contributed by atoms with E-state index >= 15 is 0 Å². The second-order valence-electron chi connectivity index (χ2n) is 9.72. The molecule has 12 nitrogen and oxygen atoms in total. The van der Waals surface area contributed by atoms with Crippen LogP contribution in [0, 0.1) is 6.92 Å². The van der Waals surface area contributed by atoms with Gasteiger partial charge in [-0.3, -0.25) is 9.59 Å². The molecule has 1 saturated heterocycles. The van der Waals surface area contributed by atoms with Crippen molar-refractivity contribution in [2.24, 2.45) is 0 Å². The number of amides is 1. The predicted molar refractivity (Wildman–Crippen MR) is 136 cm³/mol. The van der Waals surface area contributed by atoms with Crippen LogP contribution in [0.25, 0.3) is 16.9 Å². The molecule has 1 unspecified atom stereocenters. The molecule has 3 aliphatic rings. The minimum absolute atomic E-state index is 0.0146. The molecule has 194 valence electrons. The van der Waals surface area contributed by atoms with Gasteiger partial charge in [0.1, 0.15) is 12.0 Å². The van der Waals surface area contributed by atoms with E-state index in [2.05, 4.69) is 24.5 Å². The normalized spacial score (nSPS) is 19.8. The van der Waals surface area contributed by atoms with Crippen LogP contribution in [0.1, 0.15) is 48.1 Å².